The maximum atomic E-state index is 12.0. The predicted octanol–water partition coefficient (Wildman–Crippen LogP) is 4.64. The Hall–Kier alpha value is -1.91. The number of amides is 1. The van der Waals surface area contributed by atoms with Gasteiger partial charge in [0, 0.05) is 12.1 Å². The first kappa shape index (κ1) is 18.1. The van der Waals surface area contributed by atoms with E-state index in [2.05, 4.69) is 24.5 Å². The van der Waals surface area contributed by atoms with Crippen molar-refractivity contribution < 1.29 is 14.3 Å². The van der Waals surface area contributed by atoms with Gasteiger partial charge in [0.25, 0.3) is 0 Å². The van der Waals surface area contributed by atoms with Crippen molar-refractivity contribution in [3.05, 3.63) is 18.2 Å². The first-order chi connectivity index (χ1) is 10.3. The molecule has 5 heteroatoms. The molecular weight excluding hydrogens is 280 g/mol. The van der Waals surface area contributed by atoms with Crippen LogP contribution in [0.1, 0.15) is 47.5 Å². The highest BCUT2D eigenvalue weighted by atomic mass is 16.6. The van der Waals surface area contributed by atoms with Crippen LogP contribution in [0.15, 0.2) is 18.2 Å². The highest BCUT2D eigenvalue weighted by Crippen LogP contribution is 2.29. The summed E-state index contributed by atoms with van der Waals surface area (Å²) in [6.07, 6.45) is 1.53. The minimum absolute atomic E-state index is 0.339. The lowest BCUT2D eigenvalue weighted by atomic mass is 10.1. The van der Waals surface area contributed by atoms with Crippen molar-refractivity contribution in [2.24, 2.45) is 0 Å². The molecule has 0 aliphatic carbocycles. The Labute approximate surface area is 133 Å². The van der Waals surface area contributed by atoms with Gasteiger partial charge < -0.3 is 14.8 Å². The number of hydrogen-bond acceptors (Lipinski definition) is 4. The predicted molar refractivity (Wildman–Crippen MR) is 90.8 cm³/mol. The number of methoxy groups -OCH3 is 1. The molecule has 0 heterocycles. The molecule has 0 spiro atoms. The lowest BCUT2D eigenvalue weighted by molar-refractivity contribution is 0.0636. The molecule has 1 aromatic rings. The summed E-state index contributed by atoms with van der Waals surface area (Å²) in [7, 11) is 1.62. The fourth-order valence-corrected chi connectivity index (χ4v) is 2.01. The third kappa shape index (κ3) is 5.84. The van der Waals surface area contributed by atoms with Crippen LogP contribution < -0.4 is 15.4 Å². The second-order valence-corrected chi connectivity index (χ2v) is 6.20. The normalized spacial score (nSPS) is 11.2. The minimum Gasteiger partial charge on any atom is -0.497 e. The van der Waals surface area contributed by atoms with Gasteiger partial charge in [-0.3, -0.25) is 5.32 Å². The molecule has 124 valence electrons. The third-order valence-electron chi connectivity index (χ3n) is 3.21. The Morgan fingerprint density at radius 1 is 1.18 bits per heavy atom. The lowest BCUT2D eigenvalue weighted by Gasteiger charge is -2.22. The molecule has 22 heavy (non-hydrogen) atoms. The Morgan fingerprint density at radius 3 is 2.32 bits per heavy atom. The third-order valence-corrected chi connectivity index (χ3v) is 3.21. The van der Waals surface area contributed by atoms with Gasteiger partial charge in [0.05, 0.1) is 18.5 Å². The van der Waals surface area contributed by atoms with Crippen molar-refractivity contribution in [2.75, 3.05) is 17.7 Å². The van der Waals surface area contributed by atoms with E-state index in [4.69, 9.17) is 9.47 Å². The number of benzene rings is 1. The quantitative estimate of drug-likeness (QED) is 0.803. The highest BCUT2D eigenvalue weighted by Gasteiger charge is 2.18. The van der Waals surface area contributed by atoms with Crippen LogP contribution in [0.4, 0.5) is 16.2 Å². The minimum atomic E-state index is -0.528. The number of rotatable bonds is 6. The summed E-state index contributed by atoms with van der Waals surface area (Å²) in [5.74, 6) is 0.739. The Balaban J connectivity index is 2.95. The monoisotopic (exact) mass is 308 g/mol. The summed E-state index contributed by atoms with van der Waals surface area (Å²) < 4.78 is 10.6. The SMILES string of the molecule is CCC(CC)Nc1cc(OC)ccc1NC(=O)OC(C)(C)C. The average molecular weight is 308 g/mol. The standard InChI is InChI=1S/C17H28N2O3/c1-7-12(8-2)18-15-11-13(21-6)9-10-14(15)19-16(20)22-17(3,4)5/h9-12,18H,7-8H2,1-6H3,(H,19,20). The van der Waals surface area contributed by atoms with Crippen LogP contribution in [0.3, 0.4) is 0 Å². The van der Waals surface area contributed by atoms with Gasteiger partial charge in [-0.05, 0) is 45.7 Å². The maximum absolute atomic E-state index is 12.0. The molecule has 0 aromatic heterocycles. The summed E-state index contributed by atoms with van der Waals surface area (Å²) in [6, 6.07) is 5.84. The van der Waals surface area contributed by atoms with Crippen LogP contribution in [0.5, 0.6) is 5.75 Å². The first-order valence-electron chi connectivity index (χ1n) is 7.73. The number of carbonyl (C=O) groups excluding carboxylic acids is 1. The average Bonchev–Trinajstić information content (AvgIpc) is 2.44. The smallest absolute Gasteiger partial charge is 0.412 e. The van der Waals surface area contributed by atoms with E-state index in [1.807, 2.05) is 39.0 Å². The Bertz CT molecular complexity index is 491. The molecule has 0 fully saturated rings. The molecule has 1 rings (SSSR count). The first-order valence-corrected chi connectivity index (χ1v) is 7.73. The van der Waals surface area contributed by atoms with Crippen LogP contribution >= 0.6 is 0 Å². The van der Waals surface area contributed by atoms with Gasteiger partial charge in [-0.15, -0.1) is 0 Å². The molecule has 0 atom stereocenters. The van der Waals surface area contributed by atoms with Gasteiger partial charge in [0.2, 0.25) is 0 Å². The molecule has 0 saturated carbocycles. The molecule has 0 unspecified atom stereocenters. The van der Waals surface area contributed by atoms with E-state index in [0.29, 0.717) is 11.7 Å². The van der Waals surface area contributed by atoms with E-state index in [1.165, 1.54) is 0 Å². The molecule has 5 nitrogen and oxygen atoms in total. The van der Waals surface area contributed by atoms with Crippen LogP contribution in [0, 0.1) is 0 Å². The molecular formula is C17H28N2O3. The van der Waals surface area contributed by atoms with Gasteiger partial charge in [-0.1, -0.05) is 13.8 Å². The van der Waals surface area contributed by atoms with Gasteiger partial charge in [0.15, 0.2) is 0 Å². The van der Waals surface area contributed by atoms with Gasteiger partial charge in [-0.25, -0.2) is 4.79 Å². The number of hydrogen-bond donors (Lipinski definition) is 2. The van der Waals surface area contributed by atoms with Gasteiger partial charge in [-0.2, -0.15) is 0 Å². The number of ether oxygens (including phenoxy) is 2. The number of carbonyl (C=O) groups is 1. The van der Waals surface area contributed by atoms with Crippen molar-refractivity contribution in [3.63, 3.8) is 0 Å². The fraction of sp³-hybridized carbons (Fsp3) is 0.588. The van der Waals surface area contributed by atoms with Gasteiger partial charge >= 0.3 is 6.09 Å². The topological polar surface area (TPSA) is 59.6 Å². The zero-order valence-corrected chi connectivity index (χ0v) is 14.4. The largest absolute Gasteiger partial charge is 0.497 e. The molecule has 0 radical (unpaired) electrons. The Morgan fingerprint density at radius 2 is 1.82 bits per heavy atom. The van der Waals surface area contributed by atoms with Crippen molar-refractivity contribution in [3.8, 4) is 5.75 Å². The van der Waals surface area contributed by atoms with Crippen LogP contribution in [0.25, 0.3) is 0 Å². The summed E-state index contributed by atoms with van der Waals surface area (Å²) >= 11 is 0. The molecule has 0 aliphatic heterocycles. The van der Waals surface area contributed by atoms with E-state index in [-0.39, 0.29) is 0 Å². The second-order valence-electron chi connectivity index (χ2n) is 6.20. The molecule has 1 aromatic carbocycles. The fourth-order valence-electron chi connectivity index (χ4n) is 2.01. The van der Waals surface area contributed by atoms with Crippen molar-refractivity contribution >= 4 is 17.5 Å². The summed E-state index contributed by atoms with van der Waals surface area (Å²) in [5, 5.41) is 6.23. The van der Waals surface area contributed by atoms with Gasteiger partial charge in [0.1, 0.15) is 11.4 Å². The van der Waals surface area contributed by atoms with E-state index in [1.54, 1.807) is 7.11 Å². The maximum Gasteiger partial charge on any atom is 0.412 e. The lowest BCUT2D eigenvalue weighted by Crippen LogP contribution is -2.28. The molecule has 0 aliphatic rings. The zero-order chi connectivity index (χ0) is 16.8. The molecule has 0 saturated heterocycles. The van der Waals surface area contributed by atoms with Crippen LogP contribution in [0.2, 0.25) is 0 Å². The van der Waals surface area contributed by atoms with Crippen LogP contribution in [-0.2, 0) is 4.74 Å². The summed E-state index contributed by atoms with van der Waals surface area (Å²) in [4.78, 5) is 12.0. The van der Waals surface area contributed by atoms with E-state index in [0.717, 1.165) is 24.3 Å². The van der Waals surface area contributed by atoms with E-state index < -0.39 is 11.7 Å². The highest BCUT2D eigenvalue weighted by molar-refractivity contribution is 5.90. The van der Waals surface area contributed by atoms with Crippen molar-refractivity contribution in [2.45, 2.75) is 59.1 Å². The zero-order valence-electron chi connectivity index (χ0n) is 14.4. The molecule has 0 bridgehead atoms. The number of nitrogens with one attached hydrogen (secondary N) is 2. The van der Waals surface area contributed by atoms with Crippen molar-refractivity contribution in [1.29, 1.82) is 0 Å². The summed E-state index contributed by atoms with van der Waals surface area (Å²) in [6.45, 7) is 9.77. The Kier molecular flexibility index (Phi) is 6.53. The summed E-state index contributed by atoms with van der Waals surface area (Å²) in [5.41, 5.74) is 0.986. The van der Waals surface area contributed by atoms with Crippen LogP contribution in [-0.4, -0.2) is 24.8 Å². The van der Waals surface area contributed by atoms with E-state index in [9.17, 15) is 4.79 Å². The van der Waals surface area contributed by atoms with E-state index >= 15 is 0 Å². The number of anilines is 2. The second kappa shape index (κ2) is 7.92. The van der Waals surface area contributed by atoms with Crippen molar-refractivity contribution in [1.82, 2.24) is 0 Å². The molecule has 2 N–H and O–H groups in total. The molecule has 1 amide bonds.